The Hall–Kier alpha value is -1.70. The normalized spacial score (nSPS) is 16.2. The summed E-state index contributed by atoms with van der Waals surface area (Å²) in [5.41, 5.74) is 18.6. The lowest BCUT2D eigenvalue weighted by Gasteiger charge is -2.19. The fraction of sp³-hybridized carbons (Fsp3) is 0.286. The molecule has 0 saturated heterocycles. The number of anilines is 1. The third-order valence-electron chi connectivity index (χ3n) is 3.31. The van der Waals surface area contributed by atoms with Crippen molar-refractivity contribution in [3.05, 3.63) is 46.7 Å². The highest BCUT2D eigenvalue weighted by molar-refractivity contribution is 5.83. The molecule has 0 amide bonds. The molecule has 0 saturated carbocycles. The molecular formula is C14H18N2. The van der Waals surface area contributed by atoms with Crippen LogP contribution in [0.2, 0.25) is 0 Å². The maximum atomic E-state index is 6.00. The molecule has 84 valence electrons. The Balaban J connectivity index is 2.54. The van der Waals surface area contributed by atoms with Crippen molar-refractivity contribution in [3.63, 3.8) is 0 Å². The Morgan fingerprint density at radius 2 is 1.88 bits per heavy atom. The van der Waals surface area contributed by atoms with Crippen LogP contribution < -0.4 is 11.5 Å². The molecule has 0 radical (unpaired) electrons. The zero-order valence-electron chi connectivity index (χ0n) is 9.88. The zero-order valence-corrected chi connectivity index (χ0v) is 9.88. The molecule has 1 aliphatic carbocycles. The van der Waals surface area contributed by atoms with Gasteiger partial charge in [-0.3, -0.25) is 0 Å². The number of nitrogens with two attached hydrogens (primary N) is 2. The van der Waals surface area contributed by atoms with Gasteiger partial charge in [-0.15, -0.1) is 0 Å². The minimum Gasteiger partial charge on any atom is -0.402 e. The van der Waals surface area contributed by atoms with Gasteiger partial charge in [0.05, 0.1) is 0 Å². The average molecular weight is 214 g/mol. The fourth-order valence-electron chi connectivity index (χ4n) is 2.14. The van der Waals surface area contributed by atoms with E-state index in [1.807, 2.05) is 12.1 Å². The van der Waals surface area contributed by atoms with Gasteiger partial charge in [0, 0.05) is 11.4 Å². The largest absolute Gasteiger partial charge is 0.402 e. The lowest BCUT2D eigenvalue weighted by molar-refractivity contribution is 0.927. The van der Waals surface area contributed by atoms with Gasteiger partial charge in [0.15, 0.2) is 0 Å². The number of allylic oxidation sites excluding steroid dienone is 4. The van der Waals surface area contributed by atoms with Crippen molar-refractivity contribution in [2.45, 2.75) is 26.7 Å². The molecule has 0 spiro atoms. The van der Waals surface area contributed by atoms with E-state index < -0.39 is 0 Å². The molecule has 0 aromatic heterocycles. The molecule has 0 aliphatic heterocycles. The van der Waals surface area contributed by atoms with E-state index in [1.54, 1.807) is 0 Å². The van der Waals surface area contributed by atoms with Crippen molar-refractivity contribution in [1.29, 1.82) is 0 Å². The lowest BCUT2D eigenvalue weighted by Crippen LogP contribution is -2.07. The first kappa shape index (κ1) is 10.8. The summed E-state index contributed by atoms with van der Waals surface area (Å²) in [5, 5.41) is 0. The van der Waals surface area contributed by atoms with Crippen LogP contribution in [0.4, 0.5) is 5.69 Å². The molecule has 4 N–H and O–H groups in total. The molecule has 2 nitrogen and oxygen atoms in total. The molecule has 16 heavy (non-hydrogen) atoms. The predicted molar refractivity (Wildman–Crippen MR) is 69.7 cm³/mol. The molecule has 2 rings (SSSR count). The van der Waals surface area contributed by atoms with Crippen LogP contribution in [0.1, 0.15) is 30.9 Å². The van der Waals surface area contributed by atoms with E-state index in [1.165, 1.54) is 16.7 Å². The van der Waals surface area contributed by atoms with Crippen molar-refractivity contribution < 1.29 is 0 Å². The number of nitrogen functional groups attached to an aromatic ring is 1. The molecule has 1 aromatic rings. The van der Waals surface area contributed by atoms with Crippen LogP contribution in [0.25, 0.3) is 5.57 Å². The topological polar surface area (TPSA) is 52.0 Å². The first-order valence-corrected chi connectivity index (χ1v) is 5.62. The predicted octanol–water partition coefficient (Wildman–Crippen LogP) is 2.99. The smallest absolute Gasteiger partial charge is 0.0349 e. The molecule has 0 fully saturated rings. The molecule has 0 bridgehead atoms. The molecule has 1 aliphatic rings. The summed E-state index contributed by atoms with van der Waals surface area (Å²) < 4.78 is 0. The molecule has 0 atom stereocenters. The summed E-state index contributed by atoms with van der Waals surface area (Å²) in [6.45, 7) is 4.15. The van der Waals surface area contributed by atoms with Gasteiger partial charge < -0.3 is 11.5 Å². The Kier molecular flexibility index (Phi) is 2.73. The summed E-state index contributed by atoms with van der Waals surface area (Å²) in [6, 6.07) is 6.04. The second kappa shape index (κ2) is 4.05. The van der Waals surface area contributed by atoms with Gasteiger partial charge in [0.25, 0.3) is 0 Å². The number of hydrogen-bond acceptors (Lipinski definition) is 2. The Labute approximate surface area is 96.6 Å². The molecular weight excluding hydrogens is 196 g/mol. The van der Waals surface area contributed by atoms with Crippen LogP contribution in [0, 0.1) is 6.92 Å². The van der Waals surface area contributed by atoms with Crippen molar-refractivity contribution in [2.75, 3.05) is 5.73 Å². The molecule has 1 aromatic carbocycles. The fourth-order valence-corrected chi connectivity index (χ4v) is 2.14. The highest BCUT2D eigenvalue weighted by Gasteiger charge is 2.14. The second-order valence-electron chi connectivity index (χ2n) is 4.33. The SMILES string of the molecule is CC1=C(N)CCC=C1c1cccc(N)c1C. The van der Waals surface area contributed by atoms with E-state index in [4.69, 9.17) is 11.5 Å². The summed E-state index contributed by atoms with van der Waals surface area (Å²) >= 11 is 0. The summed E-state index contributed by atoms with van der Waals surface area (Å²) in [7, 11) is 0. The van der Waals surface area contributed by atoms with Crippen LogP contribution >= 0.6 is 0 Å². The van der Waals surface area contributed by atoms with E-state index >= 15 is 0 Å². The van der Waals surface area contributed by atoms with Crippen LogP contribution in [0.15, 0.2) is 35.5 Å². The van der Waals surface area contributed by atoms with Crippen LogP contribution in [-0.4, -0.2) is 0 Å². The number of benzene rings is 1. The maximum absolute atomic E-state index is 6.00. The summed E-state index contributed by atoms with van der Waals surface area (Å²) in [4.78, 5) is 0. The minimum absolute atomic E-state index is 0.843. The van der Waals surface area contributed by atoms with Gasteiger partial charge in [-0.2, -0.15) is 0 Å². The van der Waals surface area contributed by atoms with Crippen LogP contribution in [-0.2, 0) is 0 Å². The second-order valence-corrected chi connectivity index (χ2v) is 4.33. The number of rotatable bonds is 1. The Bertz CT molecular complexity index is 482. The van der Waals surface area contributed by atoms with E-state index in [2.05, 4.69) is 26.0 Å². The lowest BCUT2D eigenvalue weighted by atomic mass is 9.88. The van der Waals surface area contributed by atoms with Gasteiger partial charge in [0.2, 0.25) is 0 Å². The van der Waals surface area contributed by atoms with Crippen molar-refractivity contribution >= 4 is 11.3 Å². The van der Waals surface area contributed by atoms with Gasteiger partial charge in [-0.25, -0.2) is 0 Å². The van der Waals surface area contributed by atoms with Crippen molar-refractivity contribution in [3.8, 4) is 0 Å². The van der Waals surface area contributed by atoms with Crippen molar-refractivity contribution in [2.24, 2.45) is 5.73 Å². The summed E-state index contributed by atoms with van der Waals surface area (Å²) in [5.74, 6) is 0. The van der Waals surface area contributed by atoms with Crippen LogP contribution in [0.3, 0.4) is 0 Å². The van der Waals surface area contributed by atoms with E-state index in [9.17, 15) is 0 Å². The van der Waals surface area contributed by atoms with Gasteiger partial charge in [-0.05, 0) is 55.0 Å². The highest BCUT2D eigenvalue weighted by atomic mass is 14.6. The van der Waals surface area contributed by atoms with E-state index in [0.29, 0.717) is 0 Å². The maximum Gasteiger partial charge on any atom is 0.0349 e. The van der Waals surface area contributed by atoms with Crippen molar-refractivity contribution in [1.82, 2.24) is 0 Å². The highest BCUT2D eigenvalue weighted by Crippen LogP contribution is 2.33. The quantitative estimate of drug-likeness (QED) is 0.706. The molecule has 2 heteroatoms. The first-order valence-electron chi connectivity index (χ1n) is 5.62. The van der Waals surface area contributed by atoms with Gasteiger partial charge >= 0.3 is 0 Å². The van der Waals surface area contributed by atoms with E-state index in [0.717, 1.165) is 29.8 Å². The Morgan fingerprint density at radius 1 is 1.12 bits per heavy atom. The van der Waals surface area contributed by atoms with Crippen LogP contribution in [0.5, 0.6) is 0 Å². The Morgan fingerprint density at radius 3 is 2.62 bits per heavy atom. The van der Waals surface area contributed by atoms with Gasteiger partial charge in [-0.1, -0.05) is 18.2 Å². The van der Waals surface area contributed by atoms with Gasteiger partial charge in [0.1, 0.15) is 0 Å². The minimum atomic E-state index is 0.843. The average Bonchev–Trinajstić information content (AvgIpc) is 2.27. The molecule has 0 heterocycles. The first-order chi connectivity index (χ1) is 7.61. The standard InChI is InChI=1S/C14H18N2/c1-9-11(5-3-7-13(9)15)12-6-4-8-14(16)10(12)2/h3,5-7H,4,8,15-16H2,1-2H3. The zero-order chi connectivity index (χ0) is 11.7. The third-order valence-corrected chi connectivity index (χ3v) is 3.31. The number of hydrogen-bond donors (Lipinski definition) is 2. The molecule has 0 unspecified atom stereocenters. The summed E-state index contributed by atoms with van der Waals surface area (Å²) in [6.07, 6.45) is 4.25. The van der Waals surface area contributed by atoms with E-state index in [-0.39, 0.29) is 0 Å². The third kappa shape index (κ3) is 1.71. The monoisotopic (exact) mass is 214 g/mol.